The molecule has 0 bridgehead atoms. The molecule has 0 spiro atoms. The second-order valence-corrected chi connectivity index (χ2v) is 5.84. The van der Waals surface area contributed by atoms with Gasteiger partial charge in [-0.15, -0.1) is 0 Å². The van der Waals surface area contributed by atoms with E-state index < -0.39 is 5.66 Å². The van der Waals surface area contributed by atoms with Crippen LogP contribution in [0, 0.1) is 5.82 Å². The zero-order valence-corrected chi connectivity index (χ0v) is 12.5. The monoisotopic (exact) mass is 304 g/mol. The molecule has 2 aliphatic heterocycles. The van der Waals surface area contributed by atoms with Gasteiger partial charge < -0.3 is 27.0 Å². The first-order valence-electron chi connectivity index (χ1n) is 7.28. The first-order chi connectivity index (χ1) is 10.5. The number of likely N-dealkylation sites (tertiary alicyclic amines) is 1. The molecular formula is C15H21FN6. The molecular weight excluding hydrogens is 283 g/mol. The summed E-state index contributed by atoms with van der Waals surface area (Å²) in [7, 11) is 1.94. The van der Waals surface area contributed by atoms with E-state index in [9.17, 15) is 4.39 Å². The van der Waals surface area contributed by atoms with E-state index in [4.69, 9.17) is 11.5 Å². The number of halogens is 1. The van der Waals surface area contributed by atoms with Gasteiger partial charge >= 0.3 is 0 Å². The quantitative estimate of drug-likeness (QED) is 0.612. The Balaban J connectivity index is 1.78. The van der Waals surface area contributed by atoms with Gasteiger partial charge in [0.15, 0.2) is 5.96 Å². The van der Waals surface area contributed by atoms with Gasteiger partial charge in [0.1, 0.15) is 17.3 Å². The lowest BCUT2D eigenvalue weighted by Crippen LogP contribution is -2.60. The maximum Gasteiger partial charge on any atom is 0.196 e. The van der Waals surface area contributed by atoms with Crippen LogP contribution in [0.15, 0.2) is 41.2 Å². The third-order valence-electron chi connectivity index (χ3n) is 3.98. The topological polar surface area (TPSA) is 91.7 Å². The van der Waals surface area contributed by atoms with Crippen LogP contribution in [0.25, 0.3) is 0 Å². The van der Waals surface area contributed by atoms with Crippen LogP contribution in [-0.2, 0) is 6.42 Å². The molecule has 3 rings (SSSR count). The molecule has 0 saturated carbocycles. The number of hydrogen-bond acceptors (Lipinski definition) is 6. The molecule has 1 unspecified atom stereocenters. The van der Waals surface area contributed by atoms with Crippen LogP contribution in [0.3, 0.4) is 0 Å². The number of benzene rings is 1. The van der Waals surface area contributed by atoms with E-state index in [-0.39, 0.29) is 11.8 Å². The largest absolute Gasteiger partial charge is 0.370 e. The van der Waals surface area contributed by atoms with E-state index in [0.717, 1.165) is 24.5 Å². The predicted molar refractivity (Wildman–Crippen MR) is 84.3 cm³/mol. The van der Waals surface area contributed by atoms with E-state index >= 15 is 0 Å². The number of hydrogen-bond donors (Lipinski definition) is 4. The van der Waals surface area contributed by atoms with Crippen molar-refractivity contribution in [3.8, 4) is 0 Å². The Morgan fingerprint density at radius 3 is 2.95 bits per heavy atom. The third kappa shape index (κ3) is 3.05. The molecule has 7 heteroatoms. The molecule has 0 aromatic heterocycles. The molecule has 0 amide bonds. The maximum absolute atomic E-state index is 13.3. The molecule has 0 aliphatic carbocycles. The fraction of sp³-hybridized carbons (Fsp3) is 0.400. The van der Waals surface area contributed by atoms with Crippen LogP contribution in [0.4, 0.5) is 4.39 Å². The van der Waals surface area contributed by atoms with Crippen LogP contribution in [0.1, 0.15) is 5.56 Å². The summed E-state index contributed by atoms with van der Waals surface area (Å²) in [5.41, 5.74) is 12.0. The Labute approximate surface area is 129 Å². The van der Waals surface area contributed by atoms with Crippen molar-refractivity contribution in [2.45, 2.75) is 18.1 Å². The lowest BCUT2D eigenvalue weighted by atomic mass is 9.98. The first-order valence-corrected chi connectivity index (χ1v) is 7.28. The van der Waals surface area contributed by atoms with E-state index in [1.54, 1.807) is 6.07 Å². The molecule has 22 heavy (non-hydrogen) atoms. The van der Waals surface area contributed by atoms with Crippen LogP contribution < -0.4 is 22.1 Å². The molecule has 1 atom stereocenters. The summed E-state index contributed by atoms with van der Waals surface area (Å²) in [4.78, 5) is 6.44. The first kappa shape index (κ1) is 14.8. The summed E-state index contributed by atoms with van der Waals surface area (Å²) in [5, 5.41) is 6.27. The average Bonchev–Trinajstić information content (AvgIpc) is 2.35. The van der Waals surface area contributed by atoms with Crippen LogP contribution in [0.5, 0.6) is 0 Å². The fourth-order valence-electron chi connectivity index (χ4n) is 2.78. The smallest absolute Gasteiger partial charge is 0.196 e. The van der Waals surface area contributed by atoms with E-state index in [1.165, 1.54) is 12.1 Å². The maximum atomic E-state index is 13.3. The summed E-state index contributed by atoms with van der Waals surface area (Å²) >= 11 is 0. The molecule has 6 N–H and O–H groups in total. The molecule has 0 radical (unpaired) electrons. The lowest BCUT2D eigenvalue weighted by Gasteiger charge is -2.44. The SMILES string of the molecule is CNC1CN(C2=CC(N)(Cc3cccc(F)c3)N=C(N)N2)C1. The normalized spacial score (nSPS) is 25.1. The Bertz CT molecular complexity index is 622. The van der Waals surface area contributed by atoms with Crippen molar-refractivity contribution in [3.63, 3.8) is 0 Å². The van der Waals surface area contributed by atoms with Gasteiger partial charge in [0.25, 0.3) is 0 Å². The van der Waals surface area contributed by atoms with Gasteiger partial charge in [0.05, 0.1) is 0 Å². The van der Waals surface area contributed by atoms with Crippen molar-refractivity contribution in [3.05, 3.63) is 47.5 Å². The van der Waals surface area contributed by atoms with Crippen molar-refractivity contribution in [2.24, 2.45) is 16.5 Å². The van der Waals surface area contributed by atoms with Crippen LogP contribution in [0.2, 0.25) is 0 Å². The number of aliphatic imine (C=N–C) groups is 1. The standard InChI is InChI=1S/C15H21FN6/c1-19-12-8-22(9-12)13-7-15(18,21-14(17)20-13)6-10-3-2-4-11(16)5-10/h2-5,7,12,19H,6,8-9,18H2,1H3,(H3,17,20,21). The summed E-state index contributed by atoms with van der Waals surface area (Å²) in [6, 6.07) is 6.85. The van der Waals surface area contributed by atoms with Gasteiger partial charge in [-0.1, -0.05) is 12.1 Å². The third-order valence-corrected chi connectivity index (χ3v) is 3.98. The van der Waals surface area contributed by atoms with Gasteiger partial charge in [-0.25, -0.2) is 9.38 Å². The Hall–Kier alpha value is -2.12. The number of nitrogens with two attached hydrogens (primary N) is 2. The number of likely N-dealkylation sites (N-methyl/N-ethyl adjacent to an activating group) is 1. The minimum Gasteiger partial charge on any atom is -0.370 e. The second-order valence-electron chi connectivity index (χ2n) is 5.84. The number of nitrogens with one attached hydrogen (secondary N) is 2. The number of guanidine groups is 1. The lowest BCUT2D eigenvalue weighted by molar-refractivity contribution is 0.167. The minimum atomic E-state index is -0.969. The predicted octanol–water partition coefficient (Wildman–Crippen LogP) is -0.314. The zero-order chi connectivity index (χ0) is 15.7. The number of rotatable bonds is 4. The Morgan fingerprint density at radius 1 is 1.50 bits per heavy atom. The van der Waals surface area contributed by atoms with Gasteiger partial charge in [0.2, 0.25) is 0 Å². The van der Waals surface area contributed by atoms with Crippen molar-refractivity contribution in [2.75, 3.05) is 20.1 Å². The van der Waals surface area contributed by atoms with Gasteiger partial charge in [-0.3, -0.25) is 0 Å². The summed E-state index contributed by atoms with van der Waals surface area (Å²) in [5.74, 6) is 0.859. The molecule has 2 heterocycles. The van der Waals surface area contributed by atoms with Gasteiger partial charge in [0, 0.05) is 25.6 Å². The van der Waals surface area contributed by atoms with E-state index in [0.29, 0.717) is 12.5 Å². The van der Waals surface area contributed by atoms with E-state index in [1.807, 2.05) is 19.2 Å². The second kappa shape index (κ2) is 5.58. The van der Waals surface area contributed by atoms with Crippen molar-refractivity contribution >= 4 is 5.96 Å². The highest BCUT2D eigenvalue weighted by Gasteiger charge is 2.33. The van der Waals surface area contributed by atoms with E-state index in [2.05, 4.69) is 20.5 Å². The highest BCUT2D eigenvalue weighted by Crippen LogP contribution is 2.22. The Morgan fingerprint density at radius 2 is 2.27 bits per heavy atom. The Kier molecular flexibility index (Phi) is 3.76. The molecule has 1 aromatic carbocycles. The molecule has 1 saturated heterocycles. The molecule has 118 valence electrons. The molecule has 1 aromatic rings. The van der Waals surface area contributed by atoms with Crippen molar-refractivity contribution < 1.29 is 4.39 Å². The van der Waals surface area contributed by atoms with Crippen molar-refractivity contribution in [1.82, 2.24) is 15.5 Å². The number of nitrogens with zero attached hydrogens (tertiary/aromatic N) is 2. The van der Waals surface area contributed by atoms with Crippen molar-refractivity contribution in [1.29, 1.82) is 0 Å². The molecule has 1 fully saturated rings. The summed E-state index contributed by atoms with van der Waals surface area (Å²) in [6.07, 6.45) is 2.25. The zero-order valence-electron chi connectivity index (χ0n) is 12.5. The van der Waals surface area contributed by atoms with Gasteiger partial charge in [-0.2, -0.15) is 0 Å². The van der Waals surface area contributed by atoms with Crippen LogP contribution >= 0.6 is 0 Å². The summed E-state index contributed by atoms with van der Waals surface area (Å²) < 4.78 is 13.3. The summed E-state index contributed by atoms with van der Waals surface area (Å²) in [6.45, 7) is 1.78. The van der Waals surface area contributed by atoms with Gasteiger partial charge in [-0.05, 0) is 30.8 Å². The minimum absolute atomic E-state index is 0.282. The molecule has 6 nitrogen and oxygen atoms in total. The van der Waals surface area contributed by atoms with Crippen LogP contribution in [-0.4, -0.2) is 42.7 Å². The highest BCUT2D eigenvalue weighted by atomic mass is 19.1. The highest BCUT2D eigenvalue weighted by molar-refractivity contribution is 5.81. The molecule has 2 aliphatic rings. The average molecular weight is 304 g/mol. The fourth-order valence-corrected chi connectivity index (χ4v) is 2.78.